The standard InChI is InChI=1S/C12H18O2/c1-9(2)12(13)14-8-11-6-4-5-10(3)7-11/h6-7,9H,4-5,8H2,1-3H3. The van der Waals surface area contributed by atoms with E-state index in [2.05, 4.69) is 19.1 Å². The van der Waals surface area contributed by atoms with Crippen molar-refractivity contribution in [1.82, 2.24) is 0 Å². The summed E-state index contributed by atoms with van der Waals surface area (Å²) in [5.74, 6) is -0.160. The van der Waals surface area contributed by atoms with Crippen molar-refractivity contribution in [2.75, 3.05) is 6.61 Å². The van der Waals surface area contributed by atoms with Gasteiger partial charge in [0.25, 0.3) is 0 Å². The Kier molecular flexibility index (Phi) is 3.93. The summed E-state index contributed by atoms with van der Waals surface area (Å²) in [5.41, 5.74) is 2.49. The minimum Gasteiger partial charge on any atom is -0.461 e. The first-order valence-electron chi connectivity index (χ1n) is 5.12. The lowest BCUT2D eigenvalue weighted by molar-refractivity contribution is -0.146. The predicted octanol–water partition coefficient (Wildman–Crippen LogP) is 2.85. The highest BCUT2D eigenvalue weighted by atomic mass is 16.5. The van der Waals surface area contributed by atoms with Crippen LogP contribution in [0.15, 0.2) is 23.3 Å². The monoisotopic (exact) mass is 194 g/mol. The molecule has 78 valence electrons. The zero-order valence-corrected chi connectivity index (χ0v) is 9.17. The Labute approximate surface area is 85.6 Å². The van der Waals surface area contributed by atoms with Gasteiger partial charge in [-0.15, -0.1) is 0 Å². The van der Waals surface area contributed by atoms with Crippen LogP contribution in [0.2, 0.25) is 0 Å². The first-order chi connectivity index (χ1) is 6.59. The molecule has 0 N–H and O–H groups in total. The summed E-state index contributed by atoms with van der Waals surface area (Å²) in [7, 11) is 0. The number of hydrogen-bond acceptors (Lipinski definition) is 2. The highest BCUT2D eigenvalue weighted by Crippen LogP contribution is 2.16. The molecule has 0 aromatic heterocycles. The quantitative estimate of drug-likeness (QED) is 0.646. The largest absolute Gasteiger partial charge is 0.461 e. The average molecular weight is 194 g/mol. The van der Waals surface area contributed by atoms with Crippen molar-refractivity contribution in [3.8, 4) is 0 Å². The van der Waals surface area contributed by atoms with E-state index in [4.69, 9.17) is 4.74 Å². The number of carbonyl (C=O) groups excluding carboxylic acids is 1. The molecule has 1 aliphatic carbocycles. The minimum absolute atomic E-state index is 0.0377. The average Bonchev–Trinajstić information content (AvgIpc) is 2.14. The van der Waals surface area contributed by atoms with Crippen molar-refractivity contribution < 1.29 is 9.53 Å². The molecule has 0 bridgehead atoms. The van der Waals surface area contributed by atoms with Gasteiger partial charge in [0, 0.05) is 0 Å². The fourth-order valence-electron chi connectivity index (χ4n) is 1.35. The molecule has 0 saturated carbocycles. The number of allylic oxidation sites excluding steroid dienone is 2. The smallest absolute Gasteiger partial charge is 0.308 e. The Bertz CT molecular complexity index is 272. The summed E-state index contributed by atoms with van der Waals surface area (Å²) in [5, 5.41) is 0. The van der Waals surface area contributed by atoms with Gasteiger partial charge in [-0.05, 0) is 25.3 Å². The Morgan fingerprint density at radius 2 is 2.29 bits per heavy atom. The number of rotatable bonds is 3. The molecule has 0 aromatic rings. The fourth-order valence-corrected chi connectivity index (χ4v) is 1.35. The van der Waals surface area contributed by atoms with E-state index < -0.39 is 0 Å². The van der Waals surface area contributed by atoms with E-state index in [0.29, 0.717) is 6.61 Å². The topological polar surface area (TPSA) is 26.3 Å². The Hall–Kier alpha value is -1.05. The summed E-state index contributed by atoms with van der Waals surface area (Å²) >= 11 is 0. The highest BCUT2D eigenvalue weighted by molar-refractivity contribution is 5.71. The van der Waals surface area contributed by atoms with Gasteiger partial charge >= 0.3 is 5.97 Å². The molecule has 0 fully saturated rings. The molecule has 0 radical (unpaired) electrons. The van der Waals surface area contributed by atoms with Gasteiger partial charge in [-0.25, -0.2) is 0 Å². The maximum absolute atomic E-state index is 11.2. The van der Waals surface area contributed by atoms with Gasteiger partial charge in [-0.2, -0.15) is 0 Å². The first kappa shape index (κ1) is 11.0. The van der Waals surface area contributed by atoms with E-state index >= 15 is 0 Å². The minimum atomic E-state index is -0.123. The van der Waals surface area contributed by atoms with Crippen LogP contribution in [-0.2, 0) is 9.53 Å². The molecule has 2 nitrogen and oxygen atoms in total. The van der Waals surface area contributed by atoms with E-state index in [1.54, 1.807) is 0 Å². The normalized spacial score (nSPS) is 16.3. The molecule has 0 saturated heterocycles. The zero-order valence-electron chi connectivity index (χ0n) is 9.17. The second-order valence-electron chi connectivity index (χ2n) is 4.07. The van der Waals surface area contributed by atoms with Crippen LogP contribution in [0, 0.1) is 5.92 Å². The second kappa shape index (κ2) is 4.99. The summed E-state index contributed by atoms with van der Waals surface area (Å²) in [6.07, 6.45) is 6.44. The van der Waals surface area contributed by atoms with Crippen LogP contribution in [0.1, 0.15) is 33.6 Å². The molecule has 1 rings (SSSR count). The summed E-state index contributed by atoms with van der Waals surface area (Å²) in [4.78, 5) is 11.2. The number of esters is 1. The lowest BCUT2D eigenvalue weighted by Crippen LogP contribution is -2.13. The van der Waals surface area contributed by atoms with E-state index in [1.165, 1.54) is 5.57 Å². The Morgan fingerprint density at radius 3 is 2.86 bits per heavy atom. The van der Waals surface area contributed by atoms with E-state index in [-0.39, 0.29) is 11.9 Å². The van der Waals surface area contributed by atoms with Crippen LogP contribution in [0.5, 0.6) is 0 Å². The molecule has 0 unspecified atom stereocenters. The molecule has 0 amide bonds. The SMILES string of the molecule is CC1=CC(COC(=O)C(C)C)=CCC1. The first-order valence-corrected chi connectivity index (χ1v) is 5.12. The summed E-state index contributed by atoms with van der Waals surface area (Å²) in [6, 6.07) is 0. The second-order valence-corrected chi connectivity index (χ2v) is 4.07. The van der Waals surface area contributed by atoms with Crippen LogP contribution >= 0.6 is 0 Å². The number of hydrogen-bond donors (Lipinski definition) is 0. The summed E-state index contributed by atoms with van der Waals surface area (Å²) in [6.45, 7) is 6.23. The number of ether oxygens (including phenoxy) is 1. The molecule has 2 heteroatoms. The third-order valence-electron chi connectivity index (χ3n) is 2.23. The van der Waals surface area contributed by atoms with Gasteiger partial charge in [-0.1, -0.05) is 31.6 Å². The van der Waals surface area contributed by atoms with Gasteiger partial charge in [0.05, 0.1) is 5.92 Å². The third kappa shape index (κ3) is 3.36. The van der Waals surface area contributed by atoms with E-state index in [1.807, 2.05) is 13.8 Å². The molecular formula is C12H18O2. The lowest BCUT2D eigenvalue weighted by atomic mass is 10.0. The van der Waals surface area contributed by atoms with Crippen LogP contribution in [0.3, 0.4) is 0 Å². The van der Waals surface area contributed by atoms with Crippen molar-refractivity contribution in [2.24, 2.45) is 5.92 Å². The summed E-state index contributed by atoms with van der Waals surface area (Å²) < 4.78 is 5.14. The van der Waals surface area contributed by atoms with Crippen molar-refractivity contribution in [3.05, 3.63) is 23.3 Å². The lowest BCUT2D eigenvalue weighted by Gasteiger charge is -2.12. The van der Waals surface area contributed by atoms with E-state index in [9.17, 15) is 4.79 Å². The van der Waals surface area contributed by atoms with Gasteiger partial charge in [0.1, 0.15) is 6.61 Å². The molecule has 0 spiro atoms. The maximum atomic E-state index is 11.2. The highest BCUT2D eigenvalue weighted by Gasteiger charge is 2.09. The van der Waals surface area contributed by atoms with Gasteiger partial charge in [0.15, 0.2) is 0 Å². The van der Waals surface area contributed by atoms with Crippen LogP contribution in [-0.4, -0.2) is 12.6 Å². The van der Waals surface area contributed by atoms with Crippen LogP contribution < -0.4 is 0 Å². The fraction of sp³-hybridized carbons (Fsp3) is 0.583. The van der Waals surface area contributed by atoms with Crippen molar-refractivity contribution in [2.45, 2.75) is 33.6 Å². The molecular weight excluding hydrogens is 176 g/mol. The molecule has 0 heterocycles. The van der Waals surface area contributed by atoms with Gasteiger partial charge in [0.2, 0.25) is 0 Å². The molecule has 14 heavy (non-hydrogen) atoms. The van der Waals surface area contributed by atoms with Crippen molar-refractivity contribution in [1.29, 1.82) is 0 Å². The molecule has 0 atom stereocenters. The molecule has 1 aliphatic rings. The van der Waals surface area contributed by atoms with E-state index in [0.717, 1.165) is 18.4 Å². The van der Waals surface area contributed by atoms with Crippen LogP contribution in [0.4, 0.5) is 0 Å². The van der Waals surface area contributed by atoms with Gasteiger partial charge in [-0.3, -0.25) is 4.79 Å². The maximum Gasteiger partial charge on any atom is 0.308 e. The van der Waals surface area contributed by atoms with Crippen LogP contribution in [0.25, 0.3) is 0 Å². The Morgan fingerprint density at radius 1 is 1.57 bits per heavy atom. The molecule has 0 aromatic carbocycles. The number of carbonyl (C=O) groups is 1. The predicted molar refractivity (Wildman–Crippen MR) is 56.9 cm³/mol. The molecule has 0 aliphatic heterocycles. The van der Waals surface area contributed by atoms with Crippen molar-refractivity contribution in [3.63, 3.8) is 0 Å². The zero-order chi connectivity index (χ0) is 10.6. The Balaban J connectivity index is 2.39. The third-order valence-corrected chi connectivity index (χ3v) is 2.23. The van der Waals surface area contributed by atoms with Gasteiger partial charge < -0.3 is 4.74 Å². The van der Waals surface area contributed by atoms with Crippen molar-refractivity contribution >= 4 is 5.97 Å².